The Morgan fingerprint density at radius 2 is 1.95 bits per heavy atom. The third kappa shape index (κ3) is 2.35. The smallest absolute Gasteiger partial charge is 0.471 e. The van der Waals surface area contributed by atoms with Crippen molar-refractivity contribution in [3.05, 3.63) is 28.8 Å². The van der Waals surface area contributed by atoms with Crippen LogP contribution in [0.25, 0.3) is 0 Å². The number of carbonyl (C=O) groups excluding carboxylic acids is 1. The van der Waals surface area contributed by atoms with Gasteiger partial charge >= 0.3 is 18.1 Å². The second kappa shape index (κ2) is 4.81. The molecule has 1 amide bonds. The van der Waals surface area contributed by atoms with Crippen LogP contribution in [0.4, 0.5) is 18.9 Å². The first-order chi connectivity index (χ1) is 9.23. The number of carboxylic acids is 1. The van der Waals surface area contributed by atoms with Gasteiger partial charge in [-0.2, -0.15) is 13.2 Å². The predicted molar refractivity (Wildman–Crippen MR) is 64.9 cm³/mol. The third-order valence-electron chi connectivity index (χ3n) is 3.28. The Morgan fingerprint density at radius 3 is 2.50 bits per heavy atom. The Labute approximate surface area is 112 Å². The molecule has 1 aliphatic heterocycles. The second-order valence-electron chi connectivity index (χ2n) is 4.62. The molecule has 0 aliphatic carbocycles. The SMILES string of the molecule is Cc1ccc(C(=O)O)c2c1N(C(=O)C(F)(F)F)CCC2. The molecule has 0 saturated heterocycles. The highest BCUT2D eigenvalue weighted by Gasteiger charge is 2.44. The van der Waals surface area contributed by atoms with E-state index in [9.17, 15) is 22.8 Å². The summed E-state index contributed by atoms with van der Waals surface area (Å²) in [6.07, 6.45) is -4.32. The van der Waals surface area contributed by atoms with Gasteiger partial charge in [-0.05, 0) is 37.0 Å². The summed E-state index contributed by atoms with van der Waals surface area (Å²) in [5.74, 6) is -3.16. The minimum absolute atomic E-state index is 0.0507. The number of aryl methyl sites for hydroxylation is 1. The minimum Gasteiger partial charge on any atom is -0.478 e. The van der Waals surface area contributed by atoms with Gasteiger partial charge in [0, 0.05) is 6.54 Å². The Bertz CT molecular complexity index is 581. The first-order valence-electron chi connectivity index (χ1n) is 5.98. The van der Waals surface area contributed by atoms with Crippen LogP contribution in [0.3, 0.4) is 0 Å². The Morgan fingerprint density at radius 1 is 1.30 bits per heavy atom. The number of carbonyl (C=O) groups is 2. The number of hydrogen-bond donors (Lipinski definition) is 1. The third-order valence-corrected chi connectivity index (χ3v) is 3.28. The average molecular weight is 287 g/mol. The molecule has 4 nitrogen and oxygen atoms in total. The van der Waals surface area contributed by atoms with E-state index in [2.05, 4.69) is 0 Å². The average Bonchev–Trinajstić information content (AvgIpc) is 2.36. The lowest BCUT2D eigenvalue weighted by Gasteiger charge is -2.32. The summed E-state index contributed by atoms with van der Waals surface area (Å²) in [5, 5.41) is 9.09. The fraction of sp³-hybridized carbons (Fsp3) is 0.385. The number of anilines is 1. The van der Waals surface area contributed by atoms with E-state index >= 15 is 0 Å². The number of aromatic carboxylic acids is 1. The van der Waals surface area contributed by atoms with E-state index in [1.807, 2.05) is 0 Å². The van der Waals surface area contributed by atoms with Crippen LogP contribution in [0.1, 0.15) is 27.9 Å². The van der Waals surface area contributed by atoms with Crippen molar-refractivity contribution in [2.45, 2.75) is 25.9 Å². The van der Waals surface area contributed by atoms with Gasteiger partial charge in [-0.15, -0.1) is 0 Å². The molecular formula is C13H12F3NO3. The van der Waals surface area contributed by atoms with Gasteiger partial charge in [0.05, 0.1) is 11.3 Å². The summed E-state index contributed by atoms with van der Waals surface area (Å²) >= 11 is 0. The number of fused-ring (bicyclic) bond motifs is 1. The molecule has 0 saturated carbocycles. The van der Waals surface area contributed by atoms with Crippen molar-refractivity contribution in [1.29, 1.82) is 0 Å². The van der Waals surface area contributed by atoms with Crippen molar-refractivity contribution < 1.29 is 27.9 Å². The maximum atomic E-state index is 12.6. The summed E-state index contributed by atoms with van der Waals surface area (Å²) in [6, 6.07) is 2.78. The molecule has 0 fully saturated rings. The Kier molecular flexibility index (Phi) is 3.45. The van der Waals surface area contributed by atoms with Crippen molar-refractivity contribution in [1.82, 2.24) is 0 Å². The van der Waals surface area contributed by atoms with Crippen LogP contribution < -0.4 is 4.90 Å². The summed E-state index contributed by atoms with van der Waals surface area (Å²) in [5.41, 5.74) is 0.785. The predicted octanol–water partition coefficient (Wildman–Crippen LogP) is 2.53. The molecule has 1 aromatic carbocycles. The van der Waals surface area contributed by atoms with E-state index in [1.54, 1.807) is 6.92 Å². The van der Waals surface area contributed by atoms with Crippen LogP contribution >= 0.6 is 0 Å². The lowest BCUT2D eigenvalue weighted by molar-refractivity contribution is -0.170. The molecule has 1 heterocycles. The molecule has 0 radical (unpaired) electrons. The molecule has 1 aliphatic rings. The zero-order chi connectivity index (χ0) is 15.1. The van der Waals surface area contributed by atoms with Gasteiger partial charge in [0.25, 0.3) is 0 Å². The molecule has 108 valence electrons. The van der Waals surface area contributed by atoms with Gasteiger partial charge in [-0.3, -0.25) is 4.79 Å². The standard InChI is InChI=1S/C13H12F3NO3/c1-7-4-5-9(11(18)19)8-3-2-6-17(10(7)8)12(20)13(14,15)16/h4-5H,2-3,6H2,1H3,(H,18,19). The van der Waals surface area contributed by atoms with Crippen LogP contribution in [0.2, 0.25) is 0 Å². The molecule has 7 heteroatoms. The van der Waals surface area contributed by atoms with Crippen molar-refractivity contribution >= 4 is 17.6 Å². The number of amides is 1. The molecule has 0 unspecified atom stereocenters. The van der Waals surface area contributed by atoms with Gasteiger partial charge < -0.3 is 10.0 Å². The first-order valence-corrected chi connectivity index (χ1v) is 5.98. The van der Waals surface area contributed by atoms with E-state index in [1.165, 1.54) is 12.1 Å². The van der Waals surface area contributed by atoms with Gasteiger partial charge in [0.2, 0.25) is 0 Å². The highest BCUT2D eigenvalue weighted by molar-refractivity contribution is 6.01. The van der Waals surface area contributed by atoms with Crippen LogP contribution in [0.15, 0.2) is 12.1 Å². The normalized spacial score (nSPS) is 14.9. The van der Waals surface area contributed by atoms with Crippen molar-refractivity contribution in [2.75, 3.05) is 11.4 Å². The zero-order valence-electron chi connectivity index (χ0n) is 10.6. The molecule has 1 aromatic rings. The summed E-state index contributed by atoms with van der Waals surface area (Å²) in [7, 11) is 0. The number of alkyl halides is 3. The van der Waals surface area contributed by atoms with E-state index < -0.39 is 18.1 Å². The van der Waals surface area contributed by atoms with Crippen molar-refractivity contribution in [2.24, 2.45) is 0 Å². The van der Waals surface area contributed by atoms with E-state index in [4.69, 9.17) is 5.11 Å². The molecular weight excluding hydrogens is 275 g/mol. The number of benzene rings is 1. The van der Waals surface area contributed by atoms with Crippen LogP contribution in [0.5, 0.6) is 0 Å². The maximum absolute atomic E-state index is 12.6. The summed E-state index contributed by atoms with van der Waals surface area (Å²) in [4.78, 5) is 23.2. The van der Waals surface area contributed by atoms with Crippen molar-refractivity contribution in [3.63, 3.8) is 0 Å². The topological polar surface area (TPSA) is 57.6 Å². The Balaban J connectivity index is 2.59. The monoisotopic (exact) mass is 287 g/mol. The van der Waals surface area contributed by atoms with E-state index in [-0.39, 0.29) is 17.8 Å². The number of nitrogens with zero attached hydrogens (tertiary/aromatic N) is 1. The molecule has 0 aromatic heterocycles. The van der Waals surface area contributed by atoms with Crippen LogP contribution in [-0.4, -0.2) is 29.7 Å². The lowest BCUT2D eigenvalue weighted by atomic mass is 9.93. The van der Waals surface area contributed by atoms with Crippen LogP contribution in [-0.2, 0) is 11.2 Å². The van der Waals surface area contributed by atoms with Gasteiger partial charge in [-0.1, -0.05) is 6.07 Å². The molecule has 0 spiro atoms. The number of carboxylic acid groups (broad SMARTS) is 1. The first kappa shape index (κ1) is 14.4. The van der Waals surface area contributed by atoms with Gasteiger partial charge in [-0.25, -0.2) is 4.79 Å². The quantitative estimate of drug-likeness (QED) is 0.863. The fourth-order valence-electron chi connectivity index (χ4n) is 2.46. The molecule has 0 bridgehead atoms. The van der Waals surface area contributed by atoms with E-state index in [0.717, 1.165) is 0 Å². The van der Waals surface area contributed by atoms with E-state index in [0.29, 0.717) is 28.9 Å². The number of hydrogen-bond acceptors (Lipinski definition) is 2. The van der Waals surface area contributed by atoms with Crippen LogP contribution in [0, 0.1) is 6.92 Å². The largest absolute Gasteiger partial charge is 0.478 e. The van der Waals surface area contributed by atoms with Gasteiger partial charge in [0.1, 0.15) is 0 Å². The molecule has 2 rings (SSSR count). The number of halogens is 3. The second-order valence-corrected chi connectivity index (χ2v) is 4.62. The summed E-state index contributed by atoms with van der Waals surface area (Å²) < 4.78 is 37.8. The van der Waals surface area contributed by atoms with Crippen molar-refractivity contribution in [3.8, 4) is 0 Å². The summed E-state index contributed by atoms with van der Waals surface area (Å²) in [6.45, 7) is 1.50. The molecule has 0 atom stereocenters. The lowest BCUT2D eigenvalue weighted by Crippen LogP contribution is -2.44. The molecule has 1 N–H and O–H groups in total. The molecule has 20 heavy (non-hydrogen) atoms. The van der Waals surface area contributed by atoms with Gasteiger partial charge in [0.15, 0.2) is 0 Å². The minimum atomic E-state index is -4.97. The highest BCUT2D eigenvalue weighted by Crippen LogP contribution is 2.35. The zero-order valence-corrected chi connectivity index (χ0v) is 10.6. The fourth-order valence-corrected chi connectivity index (χ4v) is 2.46. The highest BCUT2D eigenvalue weighted by atomic mass is 19.4. The maximum Gasteiger partial charge on any atom is 0.471 e. The Hall–Kier alpha value is -2.05. The number of rotatable bonds is 1.